The number of aromatic hydroxyl groups is 1. The van der Waals surface area contributed by atoms with E-state index in [1.807, 2.05) is 75.7 Å². The van der Waals surface area contributed by atoms with Crippen molar-refractivity contribution in [2.24, 2.45) is 5.92 Å². The number of carbonyl (C=O) groups is 1. The smallest absolute Gasteiger partial charge is 0.238 e. The van der Waals surface area contributed by atoms with Gasteiger partial charge in [-0.1, -0.05) is 55.4 Å². The Morgan fingerprint density at radius 1 is 0.951 bits per heavy atom. The van der Waals surface area contributed by atoms with Crippen LogP contribution in [-0.4, -0.2) is 94.4 Å². The molecule has 2 aromatic carbocycles. The minimum Gasteiger partial charge on any atom is -0.507 e. The molecule has 2 fully saturated rings. The van der Waals surface area contributed by atoms with Gasteiger partial charge in [0.15, 0.2) is 0 Å². The summed E-state index contributed by atoms with van der Waals surface area (Å²) in [5, 5.41) is 50.3. The number of aliphatic hydroxyl groups excluding tert-OH is 2. The zero-order chi connectivity index (χ0) is 42.4. The molecule has 5 aromatic heterocycles. The molecule has 0 saturated carbocycles. The monoisotopic (exact) mass is 857 g/mol. The minimum atomic E-state index is -1.13. The Hall–Kier alpha value is -5.65. The Kier molecular flexibility index (Phi) is 11.4. The third-order valence-electron chi connectivity index (χ3n) is 11.9. The molecule has 2 aliphatic rings. The van der Waals surface area contributed by atoms with Gasteiger partial charge in [0, 0.05) is 65.4 Å². The normalized spacial score (nSPS) is 19.8. The summed E-state index contributed by atoms with van der Waals surface area (Å²) in [5.41, 5.74) is 7.35. The third-order valence-corrected chi connectivity index (χ3v) is 14.1. The molecule has 314 valence electrons. The molecule has 2 saturated heterocycles. The zero-order valence-electron chi connectivity index (χ0n) is 34.2. The number of fused-ring (bicyclic) bond motifs is 1. The van der Waals surface area contributed by atoms with Crippen LogP contribution in [0.3, 0.4) is 0 Å². The van der Waals surface area contributed by atoms with Crippen LogP contribution < -0.4 is 10.2 Å². The lowest BCUT2D eigenvalue weighted by Gasteiger charge is -2.34. The molecule has 16 heteroatoms. The van der Waals surface area contributed by atoms with Gasteiger partial charge in [-0.2, -0.15) is 0 Å². The molecule has 0 radical (unpaired) electrons. The number of benzene rings is 2. The average molecular weight is 858 g/mol. The number of nitrogens with one attached hydrogen (secondary N) is 1. The summed E-state index contributed by atoms with van der Waals surface area (Å²) < 4.78 is 5.88. The largest absolute Gasteiger partial charge is 0.507 e. The van der Waals surface area contributed by atoms with E-state index < -0.39 is 24.3 Å². The summed E-state index contributed by atoms with van der Waals surface area (Å²) in [5.74, 6) is 0.666. The molecule has 1 amide bonds. The number of rotatable bonds is 12. The SMILES string of the molecule is Cc1ncsc1-c1ccc([C@H](C)NC(=O)[C@@H]2C[C@@H](O)CN2C(O)[C@@H](c2cc(-c3cnc(N4CC[C@@H](c5cc6cc(-c7ccccc7O)nnc6s5)C4)nc3)no2)C(C)C)cc1. The number of β-amino-alcohol motifs (C(OH)–C–C–N with tert-alkyl or cyclic N) is 1. The van der Waals surface area contributed by atoms with Gasteiger partial charge in [-0.25, -0.2) is 15.0 Å². The quantitative estimate of drug-likeness (QED) is 0.0960. The second-order valence-corrected chi connectivity index (χ2v) is 18.3. The van der Waals surface area contributed by atoms with Gasteiger partial charge >= 0.3 is 0 Å². The van der Waals surface area contributed by atoms with E-state index in [1.54, 1.807) is 58.2 Å². The first kappa shape index (κ1) is 40.7. The maximum absolute atomic E-state index is 13.8. The zero-order valence-corrected chi connectivity index (χ0v) is 35.8. The van der Waals surface area contributed by atoms with Crippen molar-refractivity contribution >= 4 is 44.7 Å². The van der Waals surface area contributed by atoms with Gasteiger partial charge in [-0.3, -0.25) is 9.69 Å². The highest BCUT2D eigenvalue weighted by molar-refractivity contribution is 7.18. The highest BCUT2D eigenvalue weighted by atomic mass is 32.1. The second kappa shape index (κ2) is 17.0. The number of para-hydroxylation sites is 1. The minimum absolute atomic E-state index is 0.0918. The van der Waals surface area contributed by atoms with Gasteiger partial charge in [-0.05, 0) is 68.0 Å². The van der Waals surface area contributed by atoms with Crippen LogP contribution in [0.1, 0.15) is 73.4 Å². The van der Waals surface area contributed by atoms with Crippen molar-refractivity contribution in [3.63, 3.8) is 0 Å². The van der Waals surface area contributed by atoms with Crippen LogP contribution in [0.25, 0.3) is 43.2 Å². The van der Waals surface area contributed by atoms with Gasteiger partial charge in [0.2, 0.25) is 11.9 Å². The van der Waals surface area contributed by atoms with Crippen molar-refractivity contribution in [2.75, 3.05) is 24.5 Å². The van der Waals surface area contributed by atoms with Crippen molar-refractivity contribution in [3.8, 4) is 38.7 Å². The molecule has 6 atom stereocenters. The fourth-order valence-electron chi connectivity index (χ4n) is 8.58. The van der Waals surface area contributed by atoms with E-state index >= 15 is 0 Å². The van der Waals surface area contributed by atoms with Crippen molar-refractivity contribution in [1.82, 2.24) is 40.5 Å². The Bertz CT molecular complexity index is 2650. The number of aryl methyl sites for hydroxylation is 1. The molecule has 0 spiro atoms. The molecule has 7 heterocycles. The van der Waals surface area contributed by atoms with E-state index in [-0.39, 0.29) is 42.5 Å². The maximum Gasteiger partial charge on any atom is 0.238 e. The van der Waals surface area contributed by atoms with Crippen LogP contribution in [0, 0.1) is 12.8 Å². The van der Waals surface area contributed by atoms with Gasteiger partial charge in [0.25, 0.3) is 0 Å². The molecule has 14 nitrogen and oxygen atoms in total. The number of likely N-dealkylation sites (tertiary alicyclic amines) is 1. The lowest BCUT2D eigenvalue weighted by molar-refractivity contribution is -0.131. The van der Waals surface area contributed by atoms with Gasteiger partial charge in [-0.15, -0.1) is 32.9 Å². The Labute approximate surface area is 361 Å². The summed E-state index contributed by atoms with van der Waals surface area (Å²) in [7, 11) is 0. The van der Waals surface area contributed by atoms with Crippen molar-refractivity contribution < 1.29 is 24.6 Å². The van der Waals surface area contributed by atoms with Crippen LogP contribution in [0.15, 0.2) is 89.2 Å². The fourth-order valence-corrected chi connectivity index (χ4v) is 10.5. The molecule has 0 aliphatic carbocycles. The van der Waals surface area contributed by atoms with Crippen LogP contribution in [0.4, 0.5) is 5.95 Å². The number of nitrogens with zero attached hydrogens (tertiary/aromatic N) is 8. The second-order valence-electron chi connectivity index (χ2n) is 16.4. The van der Waals surface area contributed by atoms with Crippen molar-refractivity contribution in [3.05, 3.63) is 107 Å². The molecule has 2 aliphatic heterocycles. The molecule has 7 aromatic rings. The first-order valence-corrected chi connectivity index (χ1v) is 22.2. The molecule has 9 rings (SSSR count). The van der Waals surface area contributed by atoms with Crippen LogP contribution in [-0.2, 0) is 4.79 Å². The Morgan fingerprint density at radius 2 is 1.74 bits per heavy atom. The highest BCUT2D eigenvalue weighted by Crippen LogP contribution is 2.39. The van der Waals surface area contributed by atoms with E-state index in [0.717, 1.165) is 51.4 Å². The summed E-state index contributed by atoms with van der Waals surface area (Å²) in [6.07, 6.45) is 2.72. The predicted molar refractivity (Wildman–Crippen MR) is 235 cm³/mol. The third kappa shape index (κ3) is 8.25. The number of anilines is 1. The Balaban J connectivity index is 0.843. The molecule has 1 unspecified atom stereocenters. The van der Waals surface area contributed by atoms with Gasteiger partial charge in [0.05, 0.1) is 45.9 Å². The number of amides is 1. The first-order chi connectivity index (χ1) is 29.5. The molecule has 61 heavy (non-hydrogen) atoms. The maximum atomic E-state index is 13.8. The number of aromatic nitrogens is 6. The molecular formula is C45H47N9O5S2. The lowest BCUT2D eigenvalue weighted by Crippen LogP contribution is -2.50. The Morgan fingerprint density at radius 3 is 2.48 bits per heavy atom. The molecule has 0 bridgehead atoms. The predicted octanol–water partition coefficient (Wildman–Crippen LogP) is 7.31. The standard InChI is InChI=1S/C45H47N9O5S2/c1-24(2)40(44(58)54-22-32(55)17-36(54)42(57)49-25(3)27-9-11-28(12-10-27)41-26(4)48-23-60-41)38-18-34(52-59-38)31-19-46-45(47-20-31)53-14-13-29(21-53)39-16-30-15-35(50-51-43(30)61-39)33-7-5-6-8-37(33)56/h5-12,15-16,18-20,23-25,29,32,36,40,44,55-56,58H,13-14,17,21-22H2,1-4H3,(H,49,57)/t25-,29+,32+,36-,40+,44?/m0/s1. The first-order valence-electron chi connectivity index (χ1n) is 20.5. The van der Waals surface area contributed by atoms with E-state index in [9.17, 15) is 20.1 Å². The number of carbonyl (C=O) groups excluding carboxylic acids is 1. The number of phenols is 1. The molecule has 4 N–H and O–H groups in total. The fraction of sp³-hybridized carbons (Fsp3) is 0.356. The van der Waals surface area contributed by atoms with Crippen molar-refractivity contribution in [1.29, 1.82) is 0 Å². The van der Waals surface area contributed by atoms with Crippen LogP contribution in [0.5, 0.6) is 5.75 Å². The average Bonchev–Trinajstić information content (AvgIpc) is 4.12. The van der Waals surface area contributed by atoms with Crippen molar-refractivity contribution in [2.45, 2.75) is 76.8 Å². The van der Waals surface area contributed by atoms with Gasteiger partial charge < -0.3 is 30.1 Å². The van der Waals surface area contributed by atoms with E-state index in [0.29, 0.717) is 34.2 Å². The van der Waals surface area contributed by atoms with E-state index in [4.69, 9.17) is 14.5 Å². The highest BCUT2D eigenvalue weighted by Gasteiger charge is 2.44. The number of phenolic OH excluding ortho intramolecular Hbond substituents is 1. The number of thiazole rings is 1. The van der Waals surface area contributed by atoms with Crippen LogP contribution in [0.2, 0.25) is 0 Å². The summed E-state index contributed by atoms with van der Waals surface area (Å²) in [6, 6.07) is 20.2. The topological polar surface area (TPSA) is 187 Å². The number of hydrogen-bond donors (Lipinski definition) is 4. The summed E-state index contributed by atoms with van der Waals surface area (Å²) in [4.78, 5) is 34.6. The lowest BCUT2D eigenvalue weighted by atomic mass is 9.90. The summed E-state index contributed by atoms with van der Waals surface area (Å²) in [6.45, 7) is 9.60. The summed E-state index contributed by atoms with van der Waals surface area (Å²) >= 11 is 3.24. The van der Waals surface area contributed by atoms with Crippen LogP contribution >= 0.6 is 22.7 Å². The number of aliphatic hydroxyl groups is 2. The van der Waals surface area contributed by atoms with Gasteiger partial charge in [0.1, 0.15) is 28.3 Å². The number of hydrogen-bond acceptors (Lipinski definition) is 15. The van der Waals surface area contributed by atoms with E-state index in [1.165, 1.54) is 4.88 Å². The number of thiophene rings is 1. The van der Waals surface area contributed by atoms with E-state index in [2.05, 4.69) is 36.6 Å². The molecular weight excluding hydrogens is 811 g/mol.